The average Bonchev–Trinajstić information content (AvgIpc) is 3.26. The number of carbonyl (C=O) groups excluding carboxylic acids is 2. The number of esters is 1. The van der Waals surface area contributed by atoms with Crippen LogP contribution in [0.15, 0.2) is 30.5 Å². The maximum absolute atomic E-state index is 12.8. The lowest BCUT2D eigenvalue weighted by atomic mass is 10.1. The molecule has 42 heavy (non-hydrogen) atoms. The van der Waals surface area contributed by atoms with Crippen LogP contribution in [0.2, 0.25) is 5.02 Å². The Kier molecular flexibility index (Phi) is 10.2. The highest BCUT2D eigenvalue weighted by Crippen LogP contribution is 2.28. The van der Waals surface area contributed by atoms with Gasteiger partial charge in [-0.3, -0.25) is 14.5 Å². The molecule has 0 unspecified atom stereocenters. The standard InChI is InChI=1S/C29H37ClN8O3S/c1-19-7-6-8-21(30)26(19)36-27(39)23-18-32-29(42-23)35-24-17-25(34-20(2)33-24)38-13-11-37(12-14-38)15-16-41-28(40)22-9-4-3-5-10-31-22/h6-8,17-18,22,31H,3-5,9-16H2,1-2H3,(H,36,39)(H,32,33,34,35)/t22-/m1/s1. The van der Waals surface area contributed by atoms with Gasteiger partial charge in [-0.05, 0) is 44.9 Å². The van der Waals surface area contributed by atoms with Gasteiger partial charge >= 0.3 is 5.97 Å². The van der Waals surface area contributed by atoms with Crippen molar-refractivity contribution in [2.24, 2.45) is 0 Å². The molecule has 1 aromatic carbocycles. The molecule has 13 heteroatoms. The van der Waals surface area contributed by atoms with E-state index in [0.717, 1.165) is 69.9 Å². The first-order valence-corrected chi connectivity index (χ1v) is 15.6. The minimum absolute atomic E-state index is 0.129. The predicted octanol–water partition coefficient (Wildman–Crippen LogP) is 4.40. The van der Waals surface area contributed by atoms with E-state index in [0.29, 0.717) is 39.0 Å². The minimum atomic E-state index is -0.273. The number of nitrogens with one attached hydrogen (secondary N) is 3. The summed E-state index contributed by atoms with van der Waals surface area (Å²) in [7, 11) is 0. The molecule has 224 valence electrons. The van der Waals surface area contributed by atoms with E-state index in [1.807, 2.05) is 32.0 Å². The summed E-state index contributed by atoms with van der Waals surface area (Å²) < 4.78 is 5.57. The molecule has 2 aliphatic rings. The van der Waals surface area contributed by atoms with Crippen LogP contribution in [-0.4, -0.2) is 83.6 Å². The van der Waals surface area contributed by atoms with Crippen molar-refractivity contribution in [1.29, 1.82) is 0 Å². The highest BCUT2D eigenvalue weighted by atomic mass is 35.5. The molecule has 1 atom stereocenters. The minimum Gasteiger partial charge on any atom is -0.463 e. The summed E-state index contributed by atoms with van der Waals surface area (Å²) in [5.41, 5.74) is 1.48. The molecule has 0 radical (unpaired) electrons. The monoisotopic (exact) mass is 612 g/mol. The summed E-state index contributed by atoms with van der Waals surface area (Å²) in [5.74, 6) is 1.68. The van der Waals surface area contributed by atoms with Gasteiger partial charge in [-0.1, -0.05) is 47.9 Å². The van der Waals surface area contributed by atoms with Gasteiger partial charge in [-0.15, -0.1) is 0 Å². The molecule has 0 spiro atoms. The number of aromatic nitrogens is 3. The topological polar surface area (TPSA) is 125 Å². The van der Waals surface area contributed by atoms with E-state index in [9.17, 15) is 9.59 Å². The molecule has 2 aromatic heterocycles. The van der Waals surface area contributed by atoms with Crippen LogP contribution in [0.1, 0.15) is 46.7 Å². The molecule has 2 fully saturated rings. The van der Waals surface area contributed by atoms with Gasteiger partial charge in [0.15, 0.2) is 5.13 Å². The molecule has 5 rings (SSSR count). The Labute approximate surface area is 255 Å². The van der Waals surface area contributed by atoms with Gasteiger partial charge in [0.05, 0.1) is 16.9 Å². The Hall–Kier alpha value is -3.32. The van der Waals surface area contributed by atoms with Crippen molar-refractivity contribution in [3.63, 3.8) is 0 Å². The summed E-state index contributed by atoms with van der Waals surface area (Å²) in [6.07, 6.45) is 5.75. The van der Waals surface area contributed by atoms with Crippen LogP contribution in [0.25, 0.3) is 0 Å². The van der Waals surface area contributed by atoms with E-state index in [1.165, 1.54) is 24.0 Å². The smallest absolute Gasteiger partial charge is 0.323 e. The molecule has 2 saturated heterocycles. The quantitative estimate of drug-likeness (QED) is 0.300. The second kappa shape index (κ2) is 14.2. The number of hydrogen-bond donors (Lipinski definition) is 3. The normalized spacial score (nSPS) is 17.9. The third-order valence-corrected chi connectivity index (χ3v) is 8.67. The van der Waals surface area contributed by atoms with Crippen LogP contribution in [-0.2, 0) is 9.53 Å². The van der Waals surface area contributed by atoms with E-state index in [4.69, 9.17) is 16.3 Å². The van der Waals surface area contributed by atoms with Crippen molar-refractivity contribution < 1.29 is 14.3 Å². The maximum Gasteiger partial charge on any atom is 0.323 e. The highest BCUT2D eigenvalue weighted by molar-refractivity contribution is 7.17. The Balaban J connectivity index is 1.11. The third-order valence-electron chi connectivity index (χ3n) is 7.44. The van der Waals surface area contributed by atoms with Gasteiger partial charge in [-0.2, -0.15) is 0 Å². The fourth-order valence-electron chi connectivity index (χ4n) is 5.10. The molecule has 0 saturated carbocycles. The lowest BCUT2D eigenvalue weighted by Gasteiger charge is -2.35. The Morgan fingerprint density at radius 1 is 1.14 bits per heavy atom. The van der Waals surface area contributed by atoms with Gasteiger partial charge in [-0.25, -0.2) is 15.0 Å². The molecule has 11 nitrogen and oxygen atoms in total. The van der Waals surface area contributed by atoms with Gasteiger partial charge in [0, 0.05) is 38.8 Å². The number of amides is 1. The zero-order valence-electron chi connectivity index (χ0n) is 24.0. The van der Waals surface area contributed by atoms with Crippen molar-refractivity contribution in [2.75, 3.05) is 61.4 Å². The molecule has 1 amide bonds. The van der Waals surface area contributed by atoms with Crippen molar-refractivity contribution in [3.05, 3.63) is 51.7 Å². The highest BCUT2D eigenvalue weighted by Gasteiger charge is 2.23. The number of thiazole rings is 1. The van der Waals surface area contributed by atoms with E-state index in [2.05, 4.69) is 40.7 Å². The summed E-state index contributed by atoms with van der Waals surface area (Å²) >= 11 is 7.50. The number of carbonyl (C=O) groups is 2. The molecule has 0 aliphatic carbocycles. The van der Waals surface area contributed by atoms with Crippen LogP contribution in [0.5, 0.6) is 0 Å². The SMILES string of the molecule is Cc1nc(Nc2ncc(C(=O)Nc3c(C)cccc3Cl)s2)cc(N2CCN(CCOC(=O)[C@H]3CCCCCN3)CC2)n1. The first kappa shape index (κ1) is 30.1. The van der Waals surface area contributed by atoms with E-state index >= 15 is 0 Å². The molecular formula is C29H37ClN8O3S. The number of anilines is 4. The van der Waals surface area contributed by atoms with Crippen molar-refractivity contribution in [2.45, 2.75) is 45.6 Å². The summed E-state index contributed by atoms with van der Waals surface area (Å²) in [6.45, 7) is 9.06. The summed E-state index contributed by atoms with van der Waals surface area (Å²) in [4.78, 5) is 43.7. The van der Waals surface area contributed by atoms with Crippen molar-refractivity contribution in [1.82, 2.24) is 25.2 Å². The number of para-hydroxylation sites is 1. The Bertz CT molecular complexity index is 1370. The Morgan fingerprint density at radius 3 is 2.79 bits per heavy atom. The van der Waals surface area contributed by atoms with Crippen molar-refractivity contribution >= 4 is 57.3 Å². The van der Waals surface area contributed by atoms with Crippen LogP contribution in [0.3, 0.4) is 0 Å². The summed E-state index contributed by atoms with van der Waals surface area (Å²) in [5, 5.41) is 10.4. The number of benzene rings is 1. The first-order valence-electron chi connectivity index (χ1n) is 14.4. The lowest BCUT2D eigenvalue weighted by molar-refractivity contribution is -0.146. The molecular weight excluding hydrogens is 576 g/mol. The first-order chi connectivity index (χ1) is 20.4. The molecule has 3 N–H and O–H groups in total. The van der Waals surface area contributed by atoms with Crippen LogP contribution in [0.4, 0.5) is 22.5 Å². The third kappa shape index (κ3) is 7.94. The molecule has 3 aromatic rings. The predicted molar refractivity (Wildman–Crippen MR) is 166 cm³/mol. The second-order valence-corrected chi connectivity index (χ2v) is 12.0. The lowest BCUT2D eigenvalue weighted by Crippen LogP contribution is -2.48. The fourth-order valence-corrected chi connectivity index (χ4v) is 6.08. The van der Waals surface area contributed by atoms with Crippen molar-refractivity contribution in [3.8, 4) is 0 Å². The van der Waals surface area contributed by atoms with Gasteiger partial charge < -0.3 is 25.6 Å². The molecule has 2 aliphatic heterocycles. The average molecular weight is 613 g/mol. The number of ether oxygens (including phenoxy) is 1. The number of hydrogen-bond acceptors (Lipinski definition) is 11. The van der Waals surface area contributed by atoms with Gasteiger partial charge in [0.2, 0.25) is 0 Å². The number of nitrogens with zero attached hydrogens (tertiary/aromatic N) is 5. The van der Waals surface area contributed by atoms with E-state index in [-0.39, 0.29) is 17.9 Å². The van der Waals surface area contributed by atoms with Crippen LogP contribution in [0, 0.1) is 13.8 Å². The zero-order valence-corrected chi connectivity index (χ0v) is 25.6. The summed E-state index contributed by atoms with van der Waals surface area (Å²) in [6, 6.07) is 7.21. The molecule has 4 heterocycles. The Morgan fingerprint density at radius 2 is 1.98 bits per heavy atom. The zero-order chi connectivity index (χ0) is 29.5. The van der Waals surface area contributed by atoms with Crippen LogP contribution < -0.4 is 20.9 Å². The number of rotatable bonds is 9. The largest absolute Gasteiger partial charge is 0.463 e. The fraction of sp³-hybridized carbons (Fsp3) is 0.483. The number of aryl methyl sites for hydroxylation is 2. The number of halogens is 1. The van der Waals surface area contributed by atoms with E-state index < -0.39 is 0 Å². The number of piperazine rings is 1. The van der Waals surface area contributed by atoms with Gasteiger partial charge in [0.25, 0.3) is 5.91 Å². The van der Waals surface area contributed by atoms with Gasteiger partial charge in [0.1, 0.15) is 35.0 Å². The molecule has 0 bridgehead atoms. The maximum atomic E-state index is 12.8. The second-order valence-electron chi connectivity index (χ2n) is 10.6. The van der Waals surface area contributed by atoms with Crippen LogP contribution >= 0.6 is 22.9 Å². The van der Waals surface area contributed by atoms with E-state index in [1.54, 1.807) is 6.07 Å².